The highest BCUT2D eigenvalue weighted by molar-refractivity contribution is 5.82. The van der Waals surface area contributed by atoms with Crippen LogP contribution in [0, 0.1) is 0 Å². The molecule has 1 aliphatic heterocycles. The molecule has 2 heterocycles. The molecule has 0 saturated carbocycles. The molecule has 2 N–H and O–H groups in total. The molecule has 1 atom stereocenters. The maximum atomic E-state index is 5.34. The average molecular weight is 216 g/mol. The van der Waals surface area contributed by atoms with Crippen LogP contribution in [-0.4, -0.2) is 24.2 Å². The fraction of sp³-hybridized carbons (Fsp3) is 0.385. The van der Waals surface area contributed by atoms with Gasteiger partial charge in [0, 0.05) is 36.3 Å². The Balaban J connectivity index is 1.73. The van der Waals surface area contributed by atoms with Gasteiger partial charge < -0.3 is 15.0 Å². The maximum Gasteiger partial charge on any atom is 0.0620 e. The molecule has 0 aliphatic carbocycles. The molecule has 2 aromatic rings. The van der Waals surface area contributed by atoms with Crippen molar-refractivity contribution >= 4 is 10.9 Å². The van der Waals surface area contributed by atoms with E-state index in [0.29, 0.717) is 6.04 Å². The third-order valence-corrected chi connectivity index (χ3v) is 3.19. The van der Waals surface area contributed by atoms with Crippen LogP contribution in [0.2, 0.25) is 0 Å². The number of rotatable bonds is 3. The number of ether oxygens (including phenoxy) is 1. The number of aromatic nitrogens is 1. The summed E-state index contributed by atoms with van der Waals surface area (Å²) in [7, 11) is 0. The van der Waals surface area contributed by atoms with E-state index in [9.17, 15) is 0 Å². The Morgan fingerprint density at radius 3 is 3.19 bits per heavy atom. The van der Waals surface area contributed by atoms with Crippen LogP contribution in [0.4, 0.5) is 0 Å². The predicted octanol–water partition coefficient (Wildman–Crippen LogP) is 2.05. The van der Waals surface area contributed by atoms with Crippen LogP contribution in [0.25, 0.3) is 10.9 Å². The lowest BCUT2D eigenvalue weighted by Crippen LogP contribution is -2.28. The number of hydrogen-bond acceptors (Lipinski definition) is 2. The number of H-pyrrole nitrogens is 1. The van der Waals surface area contributed by atoms with E-state index in [2.05, 4.69) is 40.8 Å². The summed E-state index contributed by atoms with van der Waals surface area (Å²) in [6, 6.07) is 8.93. The highest BCUT2D eigenvalue weighted by Gasteiger charge is 2.14. The van der Waals surface area contributed by atoms with E-state index in [-0.39, 0.29) is 0 Å². The van der Waals surface area contributed by atoms with Crippen LogP contribution >= 0.6 is 0 Å². The maximum absolute atomic E-state index is 5.34. The zero-order valence-corrected chi connectivity index (χ0v) is 9.20. The molecule has 0 radical (unpaired) electrons. The first-order chi connectivity index (χ1) is 7.93. The van der Waals surface area contributed by atoms with E-state index >= 15 is 0 Å². The van der Waals surface area contributed by atoms with Crippen molar-refractivity contribution in [1.82, 2.24) is 10.3 Å². The van der Waals surface area contributed by atoms with Gasteiger partial charge in [-0.15, -0.1) is 0 Å². The van der Waals surface area contributed by atoms with E-state index in [1.165, 1.54) is 16.5 Å². The van der Waals surface area contributed by atoms with E-state index in [1.807, 2.05) is 0 Å². The minimum atomic E-state index is 0.522. The van der Waals surface area contributed by atoms with Crippen molar-refractivity contribution in [3.63, 3.8) is 0 Å². The molecule has 1 aromatic carbocycles. The lowest BCUT2D eigenvalue weighted by molar-refractivity contribution is 0.190. The highest BCUT2D eigenvalue weighted by atomic mass is 16.5. The van der Waals surface area contributed by atoms with Crippen molar-refractivity contribution < 1.29 is 4.74 Å². The molecule has 1 fully saturated rings. The molecule has 1 aliphatic rings. The van der Waals surface area contributed by atoms with Crippen molar-refractivity contribution in [2.24, 2.45) is 0 Å². The molecule has 0 bridgehead atoms. The monoisotopic (exact) mass is 216 g/mol. The molecule has 3 nitrogen and oxygen atoms in total. The zero-order chi connectivity index (χ0) is 10.8. The van der Waals surface area contributed by atoms with Gasteiger partial charge >= 0.3 is 0 Å². The second-order valence-electron chi connectivity index (χ2n) is 4.30. The van der Waals surface area contributed by atoms with Crippen LogP contribution in [0.3, 0.4) is 0 Å². The fourth-order valence-corrected chi connectivity index (χ4v) is 2.23. The van der Waals surface area contributed by atoms with Gasteiger partial charge in [-0.3, -0.25) is 0 Å². The third kappa shape index (κ3) is 1.84. The quantitative estimate of drug-likeness (QED) is 0.824. The Kier molecular flexibility index (Phi) is 2.64. The molecule has 1 unspecified atom stereocenters. The Bertz CT molecular complexity index is 471. The molecule has 0 spiro atoms. The summed E-state index contributed by atoms with van der Waals surface area (Å²) in [5.74, 6) is 0. The Hall–Kier alpha value is -1.32. The molecule has 3 rings (SSSR count). The molecular formula is C13H16N2O. The van der Waals surface area contributed by atoms with Crippen LogP contribution in [0.5, 0.6) is 0 Å². The Labute approximate surface area is 94.8 Å². The van der Waals surface area contributed by atoms with Gasteiger partial charge in [0.05, 0.1) is 6.61 Å². The van der Waals surface area contributed by atoms with Gasteiger partial charge in [0.1, 0.15) is 0 Å². The topological polar surface area (TPSA) is 37.0 Å². The summed E-state index contributed by atoms with van der Waals surface area (Å²) in [5.41, 5.74) is 2.55. The van der Waals surface area contributed by atoms with Gasteiger partial charge in [-0.05, 0) is 18.1 Å². The van der Waals surface area contributed by atoms with E-state index < -0.39 is 0 Å². The van der Waals surface area contributed by atoms with Gasteiger partial charge in [-0.1, -0.05) is 18.2 Å². The Morgan fingerprint density at radius 2 is 2.31 bits per heavy atom. The summed E-state index contributed by atoms with van der Waals surface area (Å²) < 4.78 is 5.34. The van der Waals surface area contributed by atoms with E-state index in [1.54, 1.807) is 0 Å². The second-order valence-corrected chi connectivity index (χ2v) is 4.30. The average Bonchev–Trinajstić information content (AvgIpc) is 2.96. The number of aromatic amines is 1. The zero-order valence-electron chi connectivity index (χ0n) is 9.20. The van der Waals surface area contributed by atoms with Crippen molar-refractivity contribution in [1.29, 1.82) is 0 Å². The molecular weight excluding hydrogens is 200 g/mol. The summed E-state index contributed by atoms with van der Waals surface area (Å²) in [4.78, 5) is 3.29. The van der Waals surface area contributed by atoms with E-state index in [4.69, 9.17) is 4.74 Å². The molecule has 1 aromatic heterocycles. The molecule has 84 valence electrons. The van der Waals surface area contributed by atoms with Crippen LogP contribution in [0.1, 0.15) is 12.0 Å². The molecule has 1 saturated heterocycles. The minimum absolute atomic E-state index is 0.522. The largest absolute Gasteiger partial charge is 0.380 e. The SMILES string of the molecule is c1ccc2c(CNC3CCOC3)c[nH]c2c1. The van der Waals surface area contributed by atoms with Gasteiger partial charge in [-0.2, -0.15) is 0 Å². The number of fused-ring (bicyclic) bond motifs is 1. The van der Waals surface area contributed by atoms with Crippen molar-refractivity contribution in [3.8, 4) is 0 Å². The first kappa shape index (κ1) is 9.87. The summed E-state index contributed by atoms with van der Waals surface area (Å²) in [6.07, 6.45) is 3.22. The van der Waals surface area contributed by atoms with Crippen LogP contribution in [0.15, 0.2) is 30.5 Å². The van der Waals surface area contributed by atoms with E-state index in [0.717, 1.165) is 26.2 Å². The number of benzene rings is 1. The summed E-state index contributed by atoms with van der Waals surface area (Å²) >= 11 is 0. The summed E-state index contributed by atoms with van der Waals surface area (Å²) in [6.45, 7) is 2.66. The first-order valence-corrected chi connectivity index (χ1v) is 5.79. The van der Waals surface area contributed by atoms with Crippen molar-refractivity contribution in [2.45, 2.75) is 19.0 Å². The smallest absolute Gasteiger partial charge is 0.0620 e. The Morgan fingerprint density at radius 1 is 1.38 bits per heavy atom. The standard InChI is InChI=1S/C13H16N2O/c1-2-4-13-12(3-1)10(8-15-13)7-14-11-5-6-16-9-11/h1-4,8,11,14-15H,5-7,9H2. The van der Waals surface area contributed by atoms with Crippen LogP contribution < -0.4 is 5.32 Å². The first-order valence-electron chi connectivity index (χ1n) is 5.79. The number of nitrogens with one attached hydrogen (secondary N) is 2. The summed E-state index contributed by atoms with van der Waals surface area (Å²) in [5, 5.41) is 4.84. The van der Waals surface area contributed by atoms with Crippen LogP contribution in [-0.2, 0) is 11.3 Å². The van der Waals surface area contributed by atoms with Crippen molar-refractivity contribution in [2.75, 3.05) is 13.2 Å². The predicted molar refractivity (Wildman–Crippen MR) is 64.4 cm³/mol. The number of para-hydroxylation sites is 1. The van der Waals surface area contributed by atoms with Gasteiger partial charge in [0.15, 0.2) is 0 Å². The van der Waals surface area contributed by atoms with Crippen molar-refractivity contribution in [3.05, 3.63) is 36.0 Å². The van der Waals surface area contributed by atoms with Gasteiger partial charge in [-0.25, -0.2) is 0 Å². The second kappa shape index (κ2) is 4.28. The van der Waals surface area contributed by atoms with Gasteiger partial charge in [0.2, 0.25) is 0 Å². The molecule has 3 heteroatoms. The highest BCUT2D eigenvalue weighted by Crippen LogP contribution is 2.17. The normalized spacial score (nSPS) is 20.6. The molecule has 0 amide bonds. The fourth-order valence-electron chi connectivity index (χ4n) is 2.23. The lowest BCUT2D eigenvalue weighted by Gasteiger charge is -2.09. The third-order valence-electron chi connectivity index (χ3n) is 3.19. The van der Waals surface area contributed by atoms with Gasteiger partial charge in [0.25, 0.3) is 0 Å². The lowest BCUT2D eigenvalue weighted by atomic mass is 10.1. The number of hydrogen-bond donors (Lipinski definition) is 2. The molecule has 16 heavy (non-hydrogen) atoms. The minimum Gasteiger partial charge on any atom is -0.380 e.